The molecule has 1 aliphatic carbocycles. The van der Waals surface area contributed by atoms with Crippen LogP contribution in [0, 0.1) is 0 Å². The Labute approximate surface area is 120 Å². The summed E-state index contributed by atoms with van der Waals surface area (Å²) in [6.45, 7) is 0.241. The molecule has 7 heteroatoms. The van der Waals surface area contributed by atoms with E-state index in [1.54, 1.807) is 0 Å². The second kappa shape index (κ2) is 5.77. The van der Waals surface area contributed by atoms with Crippen LogP contribution >= 0.6 is 11.6 Å². The van der Waals surface area contributed by atoms with Crippen LogP contribution in [0.4, 0.5) is 19.0 Å². The molecule has 0 bridgehead atoms. The Morgan fingerprint density at radius 3 is 2.50 bits per heavy atom. The number of aromatic nitrogens is 1. The van der Waals surface area contributed by atoms with Gasteiger partial charge in [0.25, 0.3) is 0 Å². The number of hydrogen-bond acceptors (Lipinski definition) is 3. The Kier molecular flexibility index (Phi) is 4.44. The predicted molar refractivity (Wildman–Crippen MR) is 70.8 cm³/mol. The van der Waals surface area contributed by atoms with Crippen LogP contribution in [0.5, 0.6) is 0 Å². The molecule has 1 saturated carbocycles. The van der Waals surface area contributed by atoms with Gasteiger partial charge < -0.3 is 10.4 Å². The highest BCUT2D eigenvalue weighted by atomic mass is 35.5. The molecule has 0 amide bonds. The Bertz CT molecular complexity index is 473. The summed E-state index contributed by atoms with van der Waals surface area (Å²) < 4.78 is 37.4. The normalized spacial score (nSPS) is 18.9. The minimum absolute atomic E-state index is 0.0979. The van der Waals surface area contributed by atoms with Crippen molar-refractivity contribution in [3.8, 4) is 0 Å². The highest BCUT2D eigenvalue weighted by Gasteiger charge is 2.32. The molecule has 0 saturated heterocycles. The SMILES string of the molecule is OC1(CNc2ncc(C(F)(F)F)cc2Cl)CCCCC1. The lowest BCUT2D eigenvalue weighted by atomic mass is 9.85. The third-order valence-corrected chi connectivity index (χ3v) is 3.83. The van der Waals surface area contributed by atoms with Gasteiger partial charge in [0.1, 0.15) is 5.82 Å². The number of rotatable bonds is 3. The van der Waals surface area contributed by atoms with E-state index in [9.17, 15) is 18.3 Å². The Morgan fingerprint density at radius 2 is 1.95 bits per heavy atom. The van der Waals surface area contributed by atoms with Crippen molar-refractivity contribution in [1.29, 1.82) is 0 Å². The first-order valence-corrected chi connectivity index (χ1v) is 6.87. The molecule has 0 spiro atoms. The summed E-state index contributed by atoms with van der Waals surface area (Å²) in [4.78, 5) is 3.69. The van der Waals surface area contributed by atoms with E-state index in [0.29, 0.717) is 12.8 Å². The van der Waals surface area contributed by atoms with Gasteiger partial charge in [-0.2, -0.15) is 13.2 Å². The van der Waals surface area contributed by atoms with E-state index in [1.807, 2.05) is 0 Å². The molecule has 0 aliphatic heterocycles. The molecule has 1 fully saturated rings. The number of pyridine rings is 1. The van der Waals surface area contributed by atoms with E-state index < -0.39 is 17.3 Å². The number of nitrogens with zero attached hydrogens (tertiary/aromatic N) is 1. The molecule has 1 aromatic rings. The lowest BCUT2D eigenvalue weighted by Crippen LogP contribution is -2.39. The van der Waals surface area contributed by atoms with E-state index in [4.69, 9.17) is 11.6 Å². The number of aliphatic hydroxyl groups is 1. The van der Waals surface area contributed by atoms with Gasteiger partial charge in [-0.3, -0.25) is 0 Å². The molecule has 1 heterocycles. The average Bonchev–Trinajstić information content (AvgIpc) is 2.37. The fourth-order valence-corrected chi connectivity index (χ4v) is 2.59. The van der Waals surface area contributed by atoms with Crippen LogP contribution in [0.15, 0.2) is 12.3 Å². The molecular formula is C13H16ClF3N2O. The van der Waals surface area contributed by atoms with E-state index in [2.05, 4.69) is 10.3 Å². The highest BCUT2D eigenvalue weighted by Crippen LogP contribution is 2.33. The minimum Gasteiger partial charge on any atom is -0.388 e. The second-order valence-corrected chi connectivity index (χ2v) is 5.60. The summed E-state index contributed by atoms with van der Waals surface area (Å²) >= 11 is 5.79. The second-order valence-electron chi connectivity index (χ2n) is 5.19. The van der Waals surface area contributed by atoms with Crippen molar-refractivity contribution >= 4 is 17.4 Å². The summed E-state index contributed by atoms with van der Waals surface area (Å²) in [5, 5.41) is 13.0. The Hall–Kier alpha value is -1.01. The zero-order valence-electron chi connectivity index (χ0n) is 10.8. The summed E-state index contributed by atoms with van der Waals surface area (Å²) in [5.41, 5.74) is -1.71. The Balaban J connectivity index is 2.03. The van der Waals surface area contributed by atoms with E-state index in [1.165, 1.54) is 0 Å². The molecular weight excluding hydrogens is 293 g/mol. The molecule has 1 aromatic heterocycles. The highest BCUT2D eigenvalue weighted by molar-refractivity contribution is 6.32. The maximum Gasteiger partial charge on any atom is 0.417 e. The molecule has 0 atom stereocenters. The van der Waals surface area contributed by atoms with Crippen LogP contribution in [0.3, 0.4) is 0 Å². The van der Waals surface area contributed by atoms with Crippen molar-refractivity contribution in [3.63, 3.8) is 0 Å². The van der Waals surface area contributed by atoms with Crippen LogP contribution < -0.4 is 5.32 Å². The fraction of sp³-hybridized carbons (Fsp3) is 0.615. The van der Waals surface area contributed by atoms with Crippen molar-refractivity contribution in [2.75, 3.05) is 11.9 Å². The topological polar surface area (TPSA) is 45.1 Å². The maximum absolute atomic E-state index is 12.5. The number of alkyl halides is 3. The van der Waals surface area contributed by atoms with Crippen molar-refractivity contribution in [2.24, 2.45) is 0 Å². The van der Waals surface area contributed by atoms with Crippen molar-refractivity contribution in [1.82, 2.24) is 4.98 Å². The molecule has 0 aromatic carbocycles. The molecule has 2 N–H and O–H groups in total. The van der Waals surface area contributed by atoms with Crippen molar-refractivity contribution in [3.05, 3.63) is 22.8 Å². The molecule has 2 rings (SSSR count). The van der Waals surface area contributed by atoms with E-state index in [-0.39, 0.29) is 17.4 Å². The number of anilines is 1. The fourth-order valence-electron chi connectivity index (χ4n) is 2.36. The smallest absolute Gasteiger partial charge is 0.388 e. The lowest BCUT2D eigenvalue weighted by molar-refractivity contribution is -0.137. The van der Waals surface area contributed by atoms with Gasteiger partial charge >= 0.3 is 6.18 Å². The molecule has 0 unspecified atom stereocenters. The summed E-state index contributed by atoms with van der Waals surface area (Å²) in [7, 11) is 0. The third kappa shape index (κ3) is 3.76. The lowest BCUT2D eigenvalue weighted by Gasteiger charge is -2.32. The Morgan fingerprint density at radius 1 is 1.30 bits per heavy atom. The van der Waals surface area contributed by atoms with Gasteiger partial charge in [-0.05, 0) is 18.9 Å². The largest absolute Gasteiger partial charge is 0.417 e. The molecule has 20 heavy (non-hydrogen) atoms. The third-order valence-electron chi connectivity index (χ3n) is 3.54. The maximum atomic E-state index is 12.5. The molecule has 112 valence electrons. The van der Waals surface area contributed by atoms with Gasteiger partial charge in [0, 0.05) is 12.7 Å². The first-order valence-electron chi connectivity index (χ1n) is 6.49. The first kappa shape index (κ1) is 15.4. The van der Waals surface area contributed by atoms with Gasteiger partial charge in [-0.1, -0.05) is 30.9 Å². The number of hydrogen-bond donors (Lipinski definition) is 2. The first-order chi connectivity index (χ1) is 9.30. The standard InChI is InChI=1S/C13H16ClF3N2O/c14-10-6-9(13(15,16)17)7-18-11(10)19-8-12(20)4-2-1-3-5-12/h6-7,20H,1-5,8H2,(H,18,19). The van der Waals surface area contributed by atoms with E-state index in [0.717, 1.165) is 31.5 Å². The number of nitrogens with one attached hydrogen (secondary N) is 1. The van der Waals surface area contributed by atoms with Gasteiger partial charge in [0.15, 0.2) is 0 Å². The van der Waals surface area contributed by atoms with Gasteiger partial charge in [0.05, 0.1) is 16.2 Å². The van der Waals surface area contributed by atoms with Crippen LogP contribution in [-0.4, -0.2) is 22.2 Å². The van der Waals surface area contributed by atoms with Crippen molar-refractivity contribution in [2.45, 2.75) is 43.9 Å². The zero-order chi connectivity index (χ0) is 14.8. The van der Waals surface area contributed by atoms with Crippen LogP contribution in [-0.2, 0) is 6.18 Å². The molecule has 1 aliphatic rings. The molecule has 3 nitrogen and oxygen atoms in total. The summed E-state index contributed by atoms with van der Waals surface area (Å²) in [6, 6.07) is 0.835. The van der Waals surface area contributed by atoms with Crippen LogP contribution in [0.1, 0.15) is 37.7 Å². The van der Waals surface area contributed by atoms with Gasteiger partial charge in [0.2, 0.25) is 0 Å². The van der Waals surface area contributed by atoms with Crippen LogP contribution in [0.25, 0.3) is 0 Å². The minimum atomic E-state index is -4.46. The summed E-state index contributed by atoms with van der Waals surface area (Å²) in [6.07, 6.45) is 0.632. The van der Waals surface area contributed by atoms with Crippen LogP contribution in [0.2, 0.25) is 5.02 Å². The zero-order valence-corrected chi connectivity index (χ0v) is 11.6. The summed E-state index contributed by atoms with van der Waals surface area (Å²) in [5.74, 6) is 0.165. The quantitative estimate of drug-likeness (QED) is 0.891. The van der Waals surface area contributed by atoms with E-state index >= 15 is 0 Å². The van der Waals surface area contributed by atoms with Gasteiger partial charge in [-0.15, -0.1) is 0 Å². The van der Waals surface area contributed by atoms with Crippen molar-refractivity contribution < 1.29 is 18.3 Å². The monoisotopic (exact) mass is 308 g/mol. The average molecular weight is 309 g/mol. The number of halogens is 4. The molecule has 0 radical (unpaired) electrons. The van der Waals surface area contributed by atoms with Gasteiger partial charge in [-0.25, -0.2) is 4.98 Å². The predicted octanol–water partition coefficient (Wildman–Crippen LogP) is 3.86.